The summed E-state index contributed by atoms with van der Waals surface area (Å²) in [7, 11) is 0. The molecule has 2 amide bonds. The van der Waals surface area contributed by atoms with Gasteiger partial charge in [-0.3, -0.25) is 4.79 Å². The first-order chi connectivity index (χ1) is 13.7. The van der Waals surface area contributed by atoms with E-state index in [-0.39, 0.29) is 18.4 Å². The Morgan fingerprint density at radius 3 is 2.86 bits per heavy atom. The van der Waals surface area contributed by atoms with Crippen LogP contribution in [0.15, 0.2) is 12.1 Å². The number of nitrogens with one attached hydrogen (secondary N) is 1. The molecule has 2 aliphatic rings. The summed E-state index contributed by atoms with van der Waals surface area (Å²) in [6.07, 6.45) is 6.18. The highest BCUT2D eigenvalue weighted by molar-refractivity contribution is 5.77. The summed E-state index contributed by atoms with van der Waals surface area (Å²) in [5.74, 6) is 0.810. The maximum Gasteiger partial charge on any atom is 0.320 e. The van der Waals surface area contributed by atoms with E-state index in [1.165, 1.54) is 5.56 Å². The maximum absolute atomic E-state index is 12.5. The zero-order chi connectivity index (χ0) is 19.8. The molecule has 2 aliphatic heterocycles. The van der Waals surface area contributed by atoms with Crippen molar-refractivity contribution >= 4 is 17.8 Å². The Bertz CT molecular complexity index is 680. The van der Waals surface area contributed by atoms with E-state index in [2.05, 4.69) is 24.4 Å². The third kappa shape index (κ3) is 5.59. The molecule has 0 unspecified atom stereocenters. The molecule has 0 spiro atoms. The third-order valence-corrected chi connectivity index (χ3v) is 5.34. The van der Waals surface area contributed by atoms with E-state index in [0.717, 1.165) is 69.7 Å². The number of hydrogen-bond acceptors (Lipinski definition) is 5. The van der Waals surface area contributed by atoms with Crippen molar-refractivity contribution in [3.63, 3.8) is 0 Å². The molecule has 1 saturated heterocycles. The van der Waals surface area contributed by atoms with Crippen LogP contribution in [0.2, 0.25) is 0 Å². The number of fused-ring (bicyclic) bond motifs is 1. The fourth-order valence-electron chi connectivity index (χ4n) is 3.64. The summed E-state index contributed by atoms with van der Waals surface area (Å²) >= 11 is 0. The molecule has 0 saturated carbocycles. The highest BCUT2D eigenvalue weighted by Gasteiger charge is 2.28. The van der Waals surface area contributed by atoms with Gasteiger partial charge in [0.1, 0.15) is 5.82 Å². The van der Waals surface area contributed by atoms with E-state index in [1.807, 2.05) is 4.90 Å². The molecule has 0 aliphatic carbocycles. The second-order valence-electron chi connectivity index (χ2n) is 7.52. The van der Waals surface area contributed by atoms with Gasteiger partial charge in [-0.25, -0.2) is 9.78 Å². The lowest BCUT2D eigenvalue weighted by Crippen LogP contribution is -2.34. The summed E-state index contributed by atoms with van der Waals surface area (Å²) in [5, 5.41) is 3.37. The van der Waals surface area contributed by atoms with Gasteiger partial charge in [-0.05, 0) is 43.7 Å². The van der Waals surface area contributed by atoms with Crippen molar-refractivity contribution in [3.8, 4) is 0 Å². The fourth-order valence-corrected chi connectivity index (χ4v) is 3.64. The molecule has 28 heavy (non-hydrogen) atoms. The van der Waals surface area contributed by atoms with Crippen molar-refractivity contribution in [1.82, 2.24) is 14.8 Å². The molecule has 0 atom stereocenters. The molecule has 1 N–H and O–H groups in total. The quantitative estimate of drug-likeness (QED) is 0.493. The molecule has 0 bridgehead atoms. The molecular weight excluding hydrogens is 356 g/mol. The lowest BCUT2D eigenvalue weighted by Gasteiger charge is -2.19. The number of aryl methyl sites for hydroxylation is 2. The number of hydrogen-bond donors (Lipinski definition) is 1. The van der Waals surface area contributed by atoms with Crippen LogP contribution in [0.4, 0.5) is 10.6 Å². The lowest BCUT2D eigenvalue weighted by atomic mass is 10.1. The second-order valence-corrected chi connectivity index (χ2v) is 7.52. The molecule has 1 aromatic rings. The van der Waals surface area contributed by atoms with Crippen LogP contribution < -0.4 is 5.32 Å². The number of ether oxygens (including phenoxy) is 1. The van der Waals surface area contributed by atoms with Crippen molar-refractivity contribution < 1.29 is 14.3 Å². The van der Waals surface area contributed by atoms with Gasteiger partial charge in [0.25, 0.3) is 0 Å². The highest BCUT2D eigenvalue weighted by atomic mass is 16.5. The van der Waals surface area contributed by atoms with Crippen LogP contribution in [0.25, 0.3) is 0 Å². The van der Waals surface area contributed by atoms with Gasteiger partial charge in [0, 0.05) is 38.4 Å². The second kappa shape index (κ2) is 10.3. The smallest absolute Gasteiger partial charge is 0.320 e. The molecule has 1 fully saturated rings. The molecule has 0 radical (unpaired) electrons. The number of pyridine rings is 1. The van der Waals surface area contributed by atoms with Gasteiger partial charge in [-0.2, -0.15) is 0 Å². The van der Waals surface area contributed by atoms with Crippen LogP contribution in [0.5, 0.6) is 0 Å². The number of amides is 2. The molecular formula is C21H32N4O3. The van der Waals surface area contributed by atoms with E-state index in [1.54, 1.807) is 4.90 Å². The molecule has 7 heteroatoms. The average Bonchev–Trinajstić information content (AvgIpc) is 3.06. The zero-order valence-electron chi connectivity index (χ0n) is 16.9. The monoisotopic (exact) mass is 388 g/mol. The van der Waals surface area contributed by atoms with Crippen molar-refractivity contribution in [1.29, 1.82) is 0 Å². The number of unbranched alkanes of at least 4 members (excludes halogenated alkanes) is 1. The van der Waals surface area contributed by atoms with Crippen LogP contribution >= 0.6 is 0 Å². The Balaban J connectivity index is 1.36. The Hall–Kier alpha value is -2.31. The summed E-state index contributed by atoms with van der Waals surface area (Å²) in [5.41, 5.74) is 2.38. The molecule has 1 aromatic heterocycles. The molecule has 0 aromatic carbocycles. The number of rotatable bonds is 10. The van der Waals surface area contributed by atoms with Crippen LogP contribution in [0, 0.1) is 0 Å². The average molecular weight is 389 g/mol. The van der Waals surface area contributed by atoms with Crippen molar-refractivity contribution in [2.45, 2.75) is 51.9 Å². The molecule has 154 valence electrons. The number of carbonyl (C=O) groups excluding carboxylic acids is 2. The largest absolute Gasteiger partial charge is 0.466 e. The van der Waals surface area contributed by atoms with Crippen LogP contribution in [-0.2, 0) is 22.4 Å². The first-order valence-electron chi connectivity index (χ1n) is 10.6. The van der Waals surface area contributed by atoms with Crippen LogP contribution in [-0.4, -0.2) is 66.1 Å². The normalized spacial score (nSPS) is 16.1. The summed E-state index contributed by atoms with van der Waals surface area (Å²) in [6.45, 7) is 6.10. The van der Waals surface area contributed by atoms with Gasteiger partial charge in [-0.1, -0.05) is 19.4 Å². The van der Waals surface area contributed by atoms with Gasteiger partial charge in [-0.15, -0.1) is 0 Å². The number of aromatic nitrogens is 1. The molecule has 3 heterocycles. The Morgan fingerprint density at radius 1 is 1.21 bits per heavy atom. The van der Waals surface area contributed by atoms with E-state index in [9.17, 15) is 9.59 Å². The first-order valence-corrected chi connectivity index (χ1v) is 10.6. The minimum absolute atomic E-state index is 0.0291. The Kier molecular flexibility index (Phi) is 7.51. The number of carbonyl (C=O) groups is 2. The standard InChI is InChI=1S/C21H32N4O3/c1-2-3-16-28-19(26)10-13-25-15-14-24(21(25)27)12-5-7-18-9-8-17-6-4-11-22-20(17)23-18/h8-9H,2-7,10-16H2,1H3,(H,22,23). The zero-order valence-corrected chi connectivity index (χ0v) is 16.9. The van der Waals surface area contributed by atoms with E-state index < -0.39 is 0 Å². The van der Waals surface area contributed by atoms with E-state index in [0.29, 0.717) is 19.7 Å². The fraction of sp³-hybridized carbons (Fsp3) is 0.667. The Labute approximate surface area is 167 Å². The van der Waals surface area contributed by atoms with Gasteiger partial charge < -0.3 is 19.9 Å². The van der Waals surface area contributed by atoms with Crippen LogP contribution in [0.1, 0.15) is 50.3 Å². The van der Waals surface area contributed by atoms with E-state index in [4.69, 9.17) is 9.72 Å². The maximum atomic E-state index is 12.5. The van der Waals surface area contributed by atoms with Crippen LogP contribution in [0.3, 0.4) is 0 Å². The third-order valence-electron chi connectivity index (χ3n) is 5.34. The number of anilines is 1. The van der Waals surface area contributed by atoms with Gasteiger partial charge in [0.15, 0.2) is 0 Å². The SMILES string of the molecule is CCCCOC(=O)CCN1CCN(CCCc2ccc3c(n2)NCCC3)C1=O. The Morgan fingerprint density at radius 2 is 2.04 bits per heavy atom. The predicted octanol–water partition coefficient (Wildman–Crippen LogP) is 2.84. The van der Waals surface area contributed by atoms with Gasteiger partial charge in [0.05, 0.1) is 13.0 Å². The summed E-state index contributed by atoms with van der Waals surface area (Å²) in [6, 6.07) is 4.31. The summed E-state index contributed by atoms with van der Waals surface area (Å²) < 4.78 is 5.16. The first kappa shape index (κ1) is 20.4. The topological polar surface area (TPSA) is 74.8 Å². The van der Waals surface area contributed by atoms with Crippen molar-refractivity contribution in [3.05, 3.63) is 23.4 Å². The minimum Gasteiger partial charge on any atom is -0.466 e. The van der Waals surface area contributed by atoms with Crippen molar-refractivity contribution in [2.75, 3.05) is 44.6 Å². The highest BCUT2D eigenvalue weighted by Crippen LogP contribution is 2.20. The minimum atomic E-state index is -0.216. The molecule has 3 rings (SSSR count). The predicted molar refractivity (Wildman–Crippen MR) is 108 cm³/mol. The molecule has 7 nitrogen and oxygen atoms in total. The van der Waals surface area contributed by atoms with Gasteiger partial charge >= 0.3 is 12.0 Å². The lowest BCUT2D eigenvalue weighted by molar-refractivity contribution is -0.143. The van der Waals surface area contributed by atoms with Crippen molar-refractivity contribution in [2.24, 2.45) is 0 Å². The number of nitrogens with zero attached hydrogens (tertiary/aromatic N) is 3. The van der Waals surface area contributed by atoms with Gasteiger partial charge in [0.2, 0.25) is 0 Å². The number of urea groups is 1. The van der Waals surface area contributed by atoms with E-state index >= 15 is 0 Å². The number of esters is 1. The summed E-state index contributed by atoms with van der Waals surface area (Å²) in [4.78, 5) is 32.5.